The third-order valence-corrected chi connectivity index (χ3v) is 3.58. The Morgan fingerprint density at radius 2 is 1.96 bits per heavy atom. The van der Waals surface area contributed by atoms with Crippen molar-refractivity contribution in [1.82, 2.24) is 4.90 Å². The van der Waals surface area contributed by atoms with Gasteiger partial charge in [0.2, 0.25) is 0 Å². The van der Waals surface area contributed by atoms with Crippen LogP contribution < -0.4 is 4.74 Å². The van der Waals surface area contributed by atoms with E-state index in [-0.39, 0.29) is 35.3 Å². The number of hydrogen-bond acceptors (Lipinski definition) is 5. The average molecular weight is 336 g/mol. The highest BCUT2D eigenvalue weighted by Crippen LogP contribution is 2.28. The Morgan fingerprint density at radius 1 is 1.25 bits per heavy atom. The van der Waals surface area contributed by atoms with Gasteiger partial charge in [-0.1, -0.05) is 20.3 Å². The van der Waals surface area contributed by atoms with E-state index in [2.05, 4.69) is 0 Å². The molecule has 0 atom stereocenters. The highest BCUT2D eigenvalue weighted by molar-refractivity contribution is 5.96. The van der Waals surface area contributed by atoms with Crippen LogP contribution >= 0.6 is 0 Å². The van der Waals surface area contributed by atoms with E-state index in [1.807, 2.05) is 13.8 Å². The first kappa shape index (κ1) is 19.6. The molecule has 0 radical (unpaired) electrons. The maximum Gasteiger partial charge on any atom is 0.311 e. The fraction of sp³-hybridized carbons (Fsp3) is 0.529. The molecule has 0 bridgehead atoms. The third-order valence-electron chi connectivity index (χ3n) is 3.58. The second-order valence-corrected chi connectivity index (χ2v) is 5.57. The van der Waals surface area contributed by atoms with Crippen molar-refractivity contribution in [3.05, 3.63) is 33.9 Å². The molecule has 1 aromatic rings. The minimum Gasteiger partial charge on any atom is -0.477 e. The van der Waals surface area contributed by atoms with E-state index in [1.54, 1.807) is 7.05 Å². The molecule has 0 spiro atoms. The number of likely N-dealkylation sites (N-methyl/N-ethyl adjacent to an activating group) is 1. The summed E-state index contributed by atoms with van der Waals surface area (Å²) in [6.45, 7) is 4.23. The second-order valence-electron chi connectivity index (χ2n) is 5.57. The molecule has 132 valence electrons. The Bertz CT molecular complexity index is 601. The van der Waals surface area contributed by atoms with Gasteiger partial charge in [-0.15, -0.1) is 0 Å². The summed E-state index contributed by atoms with van der Waals surface area (Å²) in [4.78, 5) is 35.9. The van der Waals surface area contributed by atoms with Crippen LogP contribution in [0, 0.1) is 10.1 Å². The number of nitro benzene ring substituents is 1. The molecule has 0 aliphatic heterocycles. The summed E-state index contributed by atoms with van der Waals surface area (Å²) in [5, 5.41) is 11.2. The summed E-state index contributed by atoms with van der Waals surface area (Å²) in [5.41, 5.74) is -0.0248. The van der Waals surface area contributed by atoms with Crippen molar-refractivity contribution in [2.24, 2.45) is 0 Å². The molecule has 0 aromatic heterocycles. The normalized spacial score (nSPS) is 10.3. The number of carbonyl (C=O) groups is 2. The van der Waals surface area contributed by atoms with E-state index in [9.17, 15) is 19.7 Å². The van der Waals surface area contributed by atoms with Gasteiger partial charge in [0, 0.05) is 31.6 Å². The predicted molar refractivity (Wildman–Crippen MR) is 90.4 cm³/mol. The van der Waals surface area contributed by atoms with Crippen molar-refractivity contribution >= 4 is 17.4 Å². The highest BCUT2D eigenvalue weighted by atomic mass is 16.6. The summed E-state index contributed by atoms with van der Waals surface area (Å²) < 4.78 is 5.31. The maximum atomic E-state index is 11.9. The van der Waals surface area contributed by atoms with Crippen LogP contribution in [-0.2, 0) is 4.79 Å². The van der Waals surface area contributed by atoms with Crippen LogP contribution in [0.1, 0.15) is 49.9 Å². The molecule has 7 heteroatoms. The van der Waals surface area contributed by atoms with Gasteiger partial charge in [0.25, 0.3) is 5.91 Å². The van der Waals surface area contributed by atoms with Gasteiger partial charge in [-0.2, -0.15) is 0 Å². The Hall–Kier alpha value is -2.44. The number of nitrogens with zero attached hydrogens (tertiary/aromatic N) is 2. The SMILES string of the molecule is CCCCN(C)C(=O)COc1ccc(C(=O)CCC)cc1[N+](=O)[O-]. The molecule has 0 aliphatic carbocycles. The molecule has 0 unspecified atom stereocenters. The Kier molecular flexibility index (Phi) is 7.88. The molecular weight excluding hydrogens is 312 g/mol. The van der Waals surface area contributed by atoms with Gasteiger partial charge in [0.05, 0.1) is 4.92 Å². The number of benzene rings is 1. The minimum atomic E-state index is -0.608. The monoisotopic (exact) mass is 336 g/mol. The quantitative estimate of drug-likeness (QED) is 0.372. The number of ether oxygens (including phenoxy) is 1. The molecule has 0 fully saturated rings. The second kappa shape index (κ2) is 9.64. The molecule has 7 nitrogen and oxygen atoms in total. The zero-order valence-corrected chi connectivity index (χ0v) is 14.4. The van der Waals surface area contributed by atoms with Crippen molar-refractivity contribution in [2.75, 3.05) is 20.2 Å². The van der Waals surface area contributed by atoms with E-state index >= 15 is 0 Å². The minimum absolute atomic E-state index is 0.00899. The Morgan fingerprint density at radius 3 is 2.54 bits per heavy atom. The van der Waals surface area contributed by atoms with Gasteiger partial charge < -0.3 is 9.64 Å². The van der Waals surface area contributed by atoms with Crippen LogP contribution in [0.3, 0.4) is 0 Å². The zero-order chi connectivity index (χ0) is 18.1. The highest BCUT2D eigenvalue weighted by Gasteiger charge is 2.20. The van der Waals surface area contributed by atoms with Crippen molar-refractivity contribution < 1.29 is 19.2 Å². The molecule has 1 rings (SSSR count). The fourth-order valence-electron chi connectivity index (χ4n) is 2.10. The van der Waals surface area contributed by atoms with Crippen LogP contribution in [-0.4, -0.2) is 41.7 Å². The molecule has 0 aliphatic rings. The standard InChI is InChI=1S/C17H24N2O5/c1-4-6-10-18(3)17(21)12-24-16-9-8-13(15(20)7-5-2)11-14(16)19(22)23/h8-9,11H,4-7,10,12H2,1-3H3. The average Bonchev–Trinajstić information content (AvgIpc) is 2.57. The summed E-state index contributed by atoms with van der Waals surface area (Å²) in [6.07, 6.45) is 2.86. The van der Waals surface area contributed by atoms with Crippen molar-refractivity contribution in [3.8, 4) is 5.75 Å². The number of Topliss-reactive ketones (excluding diaryl/α,β-unsaturated/α-hetero) is 1. The lowest BCUT2D eigenvalue weighted by atomic mass is 10.1. The number of amides is 1. The molecule has 0 saturated carbocycles. The Labute approximate surface area is 141 Å². The third kappa shape index (κ3) is 5.64. The lowest BCUT2D eigenvalue weighted by Gasteiger charge is -2.17. The maximum absolute atomic E-state index is 11.9. The summed E-state index contributed by atoms with van der Waals surface area (Å²) >= 11 is 0. The lowest BCUT2D eigenvalue weighted by molar-refractivity contribution is -0.385. The van der Waals surface area contributed by atoms with Gasteiger partial charge in [-0.3, -0.25) is 19.7 Å². The molecular formula is C17H24N2O5. The number of hydrogen-bond donors (Lipinski definition) is 0. The molecule has 1 aromatic carbocycles. The molecule has 1 amide bonds. The van der Waals surface area contributed by atoms with Crippen LogP contribution in [0.4, 0.5) is 5.69 Å². The van der Waals surface area contributed by atoms with E-state index in [4.69, 9.17) is 4.74 Å². The van der Waals surface area contributed by atoms with Gasteiger partial charge in [-0.05, 0) is 25.0 Å². The number of nitro groups is 1. The van der Waals surface area contributed by atoms with Gasteiger partial charge in [-0.25, -0.2) is 0 Å². The lowest BCUT2D eigenvalue weighted by Crippen LogP contribution is -2.32. The summed E-state index contributed by atoms with van der Waals surface area (Å²) in [6, 6.07) is 4.07. The first-order valence-corrected chi connectivity index (χ1v) is 8.09. The molecule has 24 heavy (non-hydrogen) atoms. The molecule has 0 heterocycles. The number of carbonyl (C=O) groups excluding carboxylic acids is 2. The van der Waals surface area contributed by atoms with Crippen LogP contribution in [0.5, 0.6) is 5.75 Å². The topological polar surface area (TPSA) is 89.8 Å². The number of rotatable bonds is 10. The smallest absolute Gasteiger partial charge is 0.311 e. The van der Waals surface area contributed by atoms with Crippen molar-refractivity contribution in [3.63, 3.8) is 0 Å². The summed E-state index contributed by atoms with van der Waals surface area (Å²) in [5.74, 6) is -0.406. The van der Waals surface area contributed by atoms with Gasteiger partial charge >= 0.3 is 5.69 Å². The first-order chi connectivity index (χ1) is 11.4. The van der Waals surface area contributed by atoms with Crippen molar-refractivity contribution in [1.29, 1.82) is 0 Å². The van der Waals surface area contributed by atoms with Crippen molar-refractivity contribution in [2.45, 2.75) is 39.5 Å². The van der Waals surface area contributed by atoms with Gasteiger partial charge in [0.15, 0.2) is 18.1 Å². The largest absolute Gasteiger partial charge is 0.477 e. The van der Waals surface area contributed by atoms with Crippen LogP contribution in [0.15, 0.2) is 18.2 Å². The predicted octanol–water partition coefficient (Wildman–Crippen LogP) is 3.21. The zero-order valence-electron chi connectivity index (χ0n) is 14.4. The van der Waals surface area contributed by atoms with Gasteiger partial charge in [0.1, 0.15) is 0 Å². The molecule has 0 saturated heterocycles. The number of unbranched alkanes of at least 4 members (excludes halogenated alkanes) is 1. The van der Waals surface area contributed by atoms with E-state index < -0.39 is 4.92 Å². The van der Waals surface area contributed by atoms with E-state index in [1.165, 1.54) is 23.1 Å². The summed E-state index contributed by atoms with van der Waals surface area (Å²) in [7, 11) is 1.67. The van der Waals surface area contributed by atoms with E-state index in [0.717, 1.165) is 12.8 Å². The first-order valence-electron chi connectivity index (χ1n) is 8.09. The van der Waals surface area contributed by atoms with Crippen LogP contribution in [0.25, 0.3) is 0 Å². The molecule has 0 N–H and O–H groups in total. The van der Waals surface area contributed by atoms with Crippen LogP contribution in [0.2, 0.25) is 0 Å². The Balaban J connectivity index is 2.82. The van der Waals surface area contributed by atoms with E-state index in [0.29, 0.717) is 19.4 Å². The number of ketones is 1. The fourth-order valence-corrected chi connectivity index (χ4v) is 2.10.